The van der Waals surface area contributed by atoms with Gasteiger partial charge in [0.2, 0.25) is 0 Å². The van der Waals surface area contributed by atoms with Crippen molar-refractivity contribution < 1.29 is 68.1 Å². The Morgan fingerprint density at radius 1 is 0.926 bits per heavy atom. The van der Waals surface area contributed by atoms with E-state index in [1.165, 1.54) is 40.2 Å². The second kappa shape index (κ2) is 22.7. The number of hydrogen-bond acceptors (Lipinski definition) is 18. The number of benzene rings is 1. The first kappa shape index (κ1) is 55.4. The molecule has 0 saturated carbocycles. The summed E-state index contributed by atoms with van der Waals surface area (Å²) in [5, 5.41) is 66.3. The predicted molar refractivity (Wildman–Crippen MR) is 246 cm³/mol. The van der Waals surface area contributed by atoms with Crippen LogP contribution in [0.4, 0.5) is 5.69 Å². The van der Waals surface area contributed by atoms with Gasteiger partial charge < -0.3 is 58.5 Å². The van der Waals surface area contributed by atoms with Crippen LogP contribution in [0, 0.1) is 33.8 Å². The molecule has 20 nitrogen and oxygen atoms in total. The largest absolute Gasteiger partial charge is 0.459 e. The van der Waals surface area contributed by atoms with Gasteiger partial charge in [-0.1, -0.05) is 45.0 Å². The highest BCUT2D eigenvalue weighted by molar-refractivity contribution is 5.83. The summed E-state index contributed by atoms with van der Waals surface area (Å²) in [6, 6.07) is 5.79. The van der Waals surface area contributed by atoms with Crippen molar-refractivity contribution in [2.24, 2.45) is 23.7 Å². The minimum Gasteiger partial charge on any atom is -0.459 e. The van der Waals surface area contributed by atoms with Gasteiger partial charge in [0.15, 0.2) is 12.6 Å². The van der Waals surface area contributed by atoms with Gasteiger partial charge in [-0.3, -0.25) is 19.7 Å². The van der Waals surface area contributed by atoms with Crippen LogP contribution in [-0.4, -0.2) is 169 Å². The van der Waals surface area contributed by atoms with Crippen LogP contribution in [0.2, 0.25) is 0 Å². The lowest BCUT2D eigenvalue weighted by Crippen LogP contribution is -2.61. The number of nitro groups is 1. The Morgan fingerprint density at radius 3 is 2.18 bits per heavy atom. The van der Waals surface area contributed by atoms with E-state index in [0.717, 1.165) is 5.56 Å². The molecule has 3 fully saturated rings. The van der Waals surface area contributed by atoms with Crippen LogP contribution in [0.3, 0.4) is 0 Å². The molecular formula is C48H77N5O15. The van der Waals surface area contributed by atoms with Crippen molar-refractivity contribution in [1.29, 1.82) is 0 Å². The molecule has 1 aromatic carbocycles. The third-order valence-electron chi connectivity index (χ3n) is 15.0. The summed E-state index contributed by atoms with van der Waals surface area (Å²) in [5.74, 6) is -4.80. The van der Waals surface area contributed by atoms with Gasteiger partial charge in [-0.15, -0.1) is 5.10 Å². The van der Waals surface area contributed by atoms with Crippen molar-refractivity contribution >= 4 is 17.4 Å². The highest BCUT2D eigenvalue weighted by Gasteiger charge is 2.54. The monoisotopic (exact) mass is 964 g/mol. The van der Waals surface area contributed by atoms with Crippen molar-refractivity contribution in [2.45, 2.75) is 192 Å². The molecule has 3 aliphatic rings. The fourth-order valence-corrected chi connectivity index (χ4v) is 10.4. The molecule has 1 aromatic heterocycles. The number of non-ortho nitro benzene ring substituents is 1. The van der Waals surface area contributed by atoms with Crippen LogP contribution >= 0.6 is 0 Å². The molecule has 2 aromatic rings. The predicted octanol–water partition coefficient (Wildman–Crippen LogP) is 3.60. The van der Waals surface area contributed by atoms with Crippen LogP contribution in [0.15, 0.2) is 30.5 Å². The van der Waals surface area contributed by atoms with Crippen molar-refractivity contribution in [1.82, 2.24) is 19.9 Å². The fraction of sp³-hybridized carbons (Fsp3) is 0.792. The minimum absolute atomic E-state index is 0.00305. The summed E-state index contributed by atoms with van der Waals surface area (Å²) >= 11 is 0. The number of aliphatic hydroxyl groups is 4. The zero-order valence-electron chi connectivity index (χ0n) is 42.0. The molecule has 3 aliphatic heterocycles. The second-order valence-electron chi connectivity index (χ2n) is 20.2. The Balaban J connectivity index is 1.47. The van der Waals surface area contributed by atoms with Crippen molar-refractivity contribution in [3.8, 4) is 0 Å². The summed E-state index contributed by atoms with van der Waals surface area (Å²) in [7, 11) is 4.87. The first-order valence-corrected chi connectivity index (χ1v) is 23.9. The van der Waals surface area contributed by atoms with Crippen LogP contribution < -0.4 is 0 Å². The number of Topliss-reactive ketones (excluding diaryl/α,β-unsaturated/α-hetero) is 1. The molecule has 5 rings (SSSR count). The molecule has 3 saturated heterocycles. The number of aliphatic hydroxyl groups excluding tert-OH is 3. The van der Waals surface area contributed by atoms with E-state index in [0.29, 0.717) is 31.6 Å². The van der Waals surface area contributed by atoms with Crippen LogP contribution in [0.5, 0.6) is 0 Å². The van der Waals surface area contributed by atoms with Crippen LogP contribution in [-0.2, 0) is 55.7 Å². The number of nitrogens with zero attached hydrogens (tertiary/aromatic N) is 5. The first-order valence-electron chi connectivity index (χ1n) is 23.9. The molecule has 0 unspecified atom stereocenters. The van der Waals surface area contributed by atoms with Gasteiger partial charge in [-0.05, 0) is 73.4 Å². The lowest BCUT2D eigenvalue weighted by molar-refractivity contribution is -0.384. The van der Waals surface area contributed by atoms with E-state index in [-0.39, 0.29) is 36.8 Å². The summed E-state index contributed by atoms with van der Waals surface area (Å²) in [4.78, 5) is 41.3. The Kier molecular flexibility index (Phi) is 18.5. The highest BCUT2D eigenvalue weighted by Crippen LogP contribution is 2.42. The average Bonchev–Trinajstić information content (AvgIpc) is 3.76. The summed E-state index contributed by atoms with van der Waals surface area (Å²) in [6.45, 7) is 17.7. The number of rotatable bonds is 14. The number of hydrogen-bond donors (Lipinski definition) is 4. The molecule has 68 heavy (non-hydrogen) atoms. The van der Waals surface area contributed by atoms with Crippen molar-refractivity contribution in [2.75, 3.05) is 27.8 Å². The third-order valence-corrected chi connectivity index (χ3v) is 15.0. The normalized spacial score (nSPS) is 40.2. The number of ether oxygens (including phenoxy) is 7. The molecule has 4 heterocycles. The number of esters is 1. The SMILES string of the molecule is CC[C@H]1OC(=O)[C@H](C)[C@@H](O[C@H]2C[C@@](C)(OC)[C@@H](O)[C@H](C)O2)[C@H](C)[C@@H](O[C@@H]2O[C@H](C)C[C@H](N(C)CCc3cn(Cc4ccc([N+](=O)[O-])cc4)nn3)[C@H]2O)[C@](C)(OC)C[C@@H](C)C(=O)[C@H](C)[C@@H](O)[C@]1(C)O. The van der Waals surface area contributed by atoms with Gasteiger partial charge in [-0.2, -0.15) is 0 Å². The molecule has 0 radical (unpaired) electrons. The Bertz CT molecular complexity index is 1990. The fourth-order valence-electron chi connectivity index (χ4n) is 10.4. The number of carbonyl (C=O) groups excluding carboxylic acids is 2. The van der Waals surface area contributed by atoms with Gasteiger partial charge >= 0.3 is 5.97 Å². The topological polar surface area (TPSA) is 257 Å². The van der Waals surface area contributed by atoms with Gasteiger partial charge in [0, 0.05) is 75.7 Å². The molecular weight excluding hydrogens is 887 g/mol. The lowest BCUT2D eigenvalue weighted by atomic mass is 9.74. The average molecular weight is 964 g/mol. The minimum atomic E-state index is -2.01. The lowest BCUT2D eigenvalue weighted by Gasteiger charge is -2.50. The van der Waals surface area contributed by atoms with E-state index in [1.807, 2.05) is 32.0 Å². The van der Waals surface area contributed by atoms with E-state index in [9.17, 15) is 40.1 Å². The smallest absolute Gasteiger partial charge is 0.311 e. The Morgan fingerprint density at radius 2 is 1.57 bits per heavy atom. The quantitative estimate of drug-likeness (QED) is 0.120. The van der Waals surface area contributed by atoms with Gasteiger partial charge in [0.25, 0.3) is 5.69 Å². The number of nitro benzene ring substituents is 1. The standard InChI is InChI=1S/C48H77N5O15/c1-14-36-48(10,59)41(56)28(4)38(54)26(2)22-47(9,63-13)43(29(5)40(30(6)44(58)66-36)67-37-23-46(8,62-12)42(57)31(7)65-37)68-45-39(55)35(21-27(3)64-45)51(11)20-19-33-25-52(50-49-33)24-32-15-17-34(18-16-32)53(60)61/h15-18,25-31,35-37,39-43,45,55-57,59H,14,19-24H2,1-13H3/t26-,27-,28+,29+,30-,31+,35+,36-,37+,39-,40+,41-,42+,43-,45+,46-,47-,48-/m1/s1. The second-order valence-corrected chi connectivity index (χ2v) is 20.2. The van der Waals surface area contributed by atoms with E-state index < -0.39 is 113 Å². The maximum atomic E-state index is 14.4. The number of methoxy groups -OCH3 is 2. The molecule has 0 amide bonds. The zero-order chi connectivity index (χ0) is 50.6. The van der Waals surface area contributed by atoms with E-state index in [1.54, 1.807) is 58.4 Å². The van der Waals surface area contributed by atoms with E-state index in [4.69, 9.17) is 33.2 Å². The number of carbonyl (C=O) groups is 2. The Hall–Kier alpha value is -3.54. The zero-order valence-corrected chi connectivity index (χ0v) is 42.0. The summed E-state index contributed by atoms with van der Waals surface area (Å²) in [6.07, 6.45) is -7.48. The number of ketones is 1. The number of likely N-dealkylation sites (N-methyl/N-ethyl adjacent to an activating group) is 1. The van der Waals surface area contributed by atoms with Gasteiger partial charge in [0.1, 0.15) is 29.7 Å². The van der Waals surface area contributed by atoms with Gasteiger partial charge in [-0.25, -0.2) is 4.68 Å². The molecule has 4 N–H and O–H groups in total. The summed E-state index contributed by atoms with van der Waals surface area (Å²) < 4.78 is 46.2. The molecule has 20 heteroatoms. The summed E-state index contributed by atoms with van der Waals surface area (Å²) in [5.41, 5.74) is -2.89. The molecule has 0 aliphatic carbocycles. The van der Waals surface area contributed by atoms with Crippen molar-refractivity contribution in [3.63, 3.8) is 0 Å². The molecule has 18 atom stereocenters. The molecule has 0 spiro atoms. The number of cyclic esters (lactones) is 1. The first-order chi connectivity index (χ1) is 31.8. The highest BCUT2D eigenvalue weighted by atomic mass is 16.7. The van der Waals surface area contributed by atoms with Crippen LogP contribution in [0.1, 0.15) is 106 Å². The maximum Gasteiger partial charge on any atom is 0.311 e. The molecule has 0 bridgehead atoms. The van der Waals surface area contributed by atoms with Crippen molar-refractivity contribution in [3.05, 3.63) is 51.8 Å². The van der Waals surface area contributed by atoms with Gasteiger partial charge in [0.05, 0.1) is 64.8 Å². The van der Waals surface area contributed by atoms with E-state index >= 15 is 0 Å². The third kappa shape index (κ3) is 12.3. The van der Waals surface area contributed by atoms with E-state index in [2.05, 4.69) is 10.3 Å². The molecule has 384 valence electrons. The maximum absolute atomic E-state index is 14.4. The van der Waals surface area contributed by atoms with Crippen LogP contribution in [0.25, 0.3) is 0 Å². The Labute approximate surface area is 400 Å². The number of aromatic nitrogens is 3.